The lowest BCUT2D eigenvalue weighted by molar-refractivity contribution is -0.142. The van der Waals surface area contributed by atoms with Gasteiger partial charge >= 0.3 is 0 Å². The minimum Gasteiger partial charge on any atom is -0.394 e. The van der Waals surface area contributed by atoms with Gasteiger partial charge in [0, 0.05) is 11.8 Å². The summed E-state index contributed by atoms with van der Waals surface area (Å²) < 4.78 is -1.12. The Bertz CT molecular complexity index is 926. The van der Waals surface area contributed by atoms with E-state index in [2.05, 4.69) is 10.6 Å². The number of amides is 3. The van der Waals surface area contributed by atoms with E-state index in [4.69, 9.17) is 11.6 Å². The van der Waals surface area contributed by atoms with Crippen LogP contribution in [0.2, 0.25) is 5.02 Å². The number of halogens is 1. The Labute approximate surface area is 191 Å². The van der Waals surface area contributed by atoms with Gasteiger partial charge in [0.2, 0.25) is 17.7 Å². The minimum atomic E-state index is -0.792. The summed E-state index contributed by atoms with van der Waals surface area (Å²) in [6.45, 7) is 3.66. The van der Waals surface area contributed by atoms with Gasteiger partial charge in [0.15, 0.2) is 0 Å². The molecule has 0 radical (unpaired) electrons. The molecule has 1 aromatic rings. The van der Waals surface area contributed by atoms with Crippen molar-refractivity contribution in [1.29, 1.82) is 0 Å². The number of hydrogen-bond acceptors (Lipinski definition) is 5. The summed E-state index contributed by atoms with van der Waals surface area (Å²) in [7, 11) is 1.58. The molecule has 31 heavy (non-hydrogen) atoms. The van der Waals surface area contributed by atoms with Gasteiger partial charge in [0.05, 0.1) is 39.9 Å². The highest BCUT2D eigenvalue weighted by atomic mass is 35.5. The Morgan fingerprint density at radius 3 is 2.65 bits per heavy atom. The van der Waals surface area contributed by atoms with E-state index >= 15 is 0 Å². The van der Waals surface area contributed by atoms with Crippen LogP contribution in [0.25, 0.3) is 0 Å². The third-order valence-electron chi connectivity index (χ3n) is 7.20. The van der Waals surface area contributed by atoms with Crippen LogP contribution in [-0.2, 0) is 14.4 Å². The van der Waals surface area contributed by atoms with E-state index in [9.17, 15) is 19.5 Å². The Hall–Kier alpha value is -1.77. The number of para-hydroxylation sites is 1. The van der Waals surface area contributed by atoms with Crippen LogP contribution in [-0.4, -0.2) is 63.0 Å². The zero-order valence-corrected chi connectivity index (χ0v) is 19.4. The van der Waals surface area contributed by atoms with Gasteiger partial charge in [-0.05, 0) is 38.3 Å². The minimum absolute atomic E-state index is 0.168. The SMILES string of the molecule is CC[C@@H](CO)N1C(=O)[C@@H]2[C@H](C(=O)NC)[C@]3(C)CCC2(S3)C1C(=O)Nc1ccccc1Cl. The van der Waals surface area contributed by atoms with Crippen LogP contribution in [0.3, 0.4) is 0 Å². The first-order valence-electron chi connectivity index (χ1n) is 10.6. The molecular weight excluding hydrogens is 438 g/mol. The third-order valence-corrected chi connectivity index (χ3v) is 9.51. The second-order valence-corrected chi connectivity index (χ2v) is 11.1. The van der Waals surface area contributed by atoms with Crippen LogP contribution < -0.4 is 10.6 Å². The maximum atomic E-state index is 13.8. The molecule has 1 spiro atoms. The lowest BCUT2D eigenvalue weighted by Crippen LogP contribution is -2.54. The fourth-order valence-electron chi connectivity index (χ4n) is 5.79. The third kappa shape index (κ3) is 3.17. The van der Waals surface area contributed by atoms with Crippen LogP contribution in [0.5, 0.6) is 0 Å². The van der Waals surface area contributed by atoms with Crippen molar-refractivity contribution in [2.24, 2.45) is 11.8 Å². The number of benzene rings is 1. The average Bonchev–Trinajstić information content (AvgIpc) is 3.31. The average molecular weight is 466 g/mol. The number of nitrogens with zero attached hydrogens (tertiary/aromatic N) is 1. The number of likely N-dealkylation sites (tertiary alicyclic amines) is 1. The fraction of sp³-hybridized carbons (Fsp3) is 0.591. The van der Waals surface area contributed by atoms with E-state index < -0.39 is 33.4 Å². The van der Waals surface area contributed by atoms with Crippen LogP contribution in [0.1, 0.15) is 33.1 Å². The van der Waals surface area contributed by atoms with Crippen molar-refractivity contribution in [3.63, 3.8) is 0 Å². The predicted octanol–water partition coefficient (Wildman–Crippen LogP) is 2.28. The van der Waals surface area contributed by atoms with Gasteiger partial charge in [-0.2, -0.15) is 0 Å². The molecule has 0 aromatic heterocycles. The van der Waals surface area contributed by atoms with E-state index in [-0.39, 0.29) is 24.3 Å². The number of fused-ring (bicyclic) bond motifs is 1. The zero-order valence-electron chi connectivity index (χ0n) is 17.9. The molecule has 3 amide bonds. The number of aliphatic hydroxyl groups is 1. The van der Waals surface area contributed by atoms with Crippen molar-refractivity contribution >= 4 is 46.8 Å². The number of carbonyl (C=O) groups is 3. The van der Waals surface area contributed by atoms with E-state index in [0.29, 0.717) is 23.6 Å². The molecule has 2 bridgehead atoms. The first-order chi connectivity index (χ1) is 14.7. The number of carbonyl (C=O) groups excluding carboxylic acids is 3. The molecule has 0 saturated carbocycles. The number of hydrogen-bond donors (Lipinski definition) is 3. The Morgan fingerprint density at radius 1 is 1.32 bits per heavy atom. The molecule has 0 aliphatic carbocycles. The zero-order chi connectivity index (χ0) is 22.6. The molecule has 6 atom stereocenters. The van der Waals surface area contributed by atoms with Crippen molar-refractivity contribution in [3.8, 4) is 0 Å². The first kappa shape index (κ1) is 22.4. The van der Waals surface area contributed by atoms with E-state index in [1.807, 2.05) is 13.8 Å². The van der Waals surface area contributed by atoms with Gasteiger partial charge in [-0.1, -0.05) is 30.7 Å². The normalized spacial score (nSPS) is 34.5. The molecule has 3 heterocycles. The second kappa shape index (κ2) is 7.98. The van der Waals surface area contributed by atoms with Crippen LogP contribution in [0.15, 0.2) is 24.3 Å². The van der Waals surface area contributed by atoms with Crippen LogP contribution >= 0.6 is 23.4 Å². The Kier molecular flexibility index (Phi) is 5.77. The van der Waals surface area contributed by atoms with Crippen molar-refractivity contribution in [1.82, 2.24) is 10.2 Å². The fourth-order valence-corrected chi connectivity index (χ4v) is 8.32. The molecule has 3 fully saturated rings. The molecule has 4 rings (SSSR count). The summed E-state index contributed by atoms with van der Waals surface area (Å²) in [5, 5.41) is 16.0. The Morgan fingerprint density at radius 2 is 2.03 bits per heavy atom. The summed E-state index contributed by atoms with van der Waals surface area (Å²) in [6.07, 6.45) is 1.92. The summed E-state index contributed by atoms with van der Waals surface area (Å²) in [5.41, 5.74) is 0.477. The molecule has 2 unspecified atom stereocenters. The lowest BCUT2D eigenvalue weighted by atomic mass is 9.66. The van der Waals surface area contributed by atoms with Crippen molar-refractivity contribution < 1.29 is 19.5 Å². The molecular formula is C22H28ClN3O4S. The summed E-state index contributed by atoms with van der Waals surface area (Å²) in [5.74, 6) is -1.83. The second-order valence-electron chi connectivity index (χ2n) is 8.80. The van der Waals surface area contributed by atoms with Gasteiger partial charge < -0.3 is 20.6 Å². The topological polar surface area (TPSA) is 98.7 Å². The number of aliphatic hydroxyl groups excluding tert-OH is 1. The first-order valence-corrected chi connectivity index (χ1v) is 11.8. The number of thioether (sulfide) groups is 1. The monoisotopic (exact) mass is 465 g/mol. The molecule has 3 saturated heterocycles. The number of rotatable bonds is 6. The highest BCUT2D eigenvalue weighted by Crippen LogP contribution is 2.71. The van der Waals surface area contributed by atoms with E-state index in [0.717, 1.165) is 6.42 Å². The van der Waals surface area contributed by atoms with Gasteiger partial charge in [-0.25, -0.2) is 0 Å². The smallest absolute Gasteiger partial charge is 0.248 e. The summed E-state index contributed by atoms with van der Waals surface area (Å²) in [6, 6.07) is 5.68. The van der Waals surface area contributed by atoms with Crippen molar-refractivity contribution in [3.05, 3.63) is 29.3 Å². The molecule has 168 valence electrons. The van der Waals surface area contributed by atoms with Gasteiger partial charge in [0.1, 0.15) is 6.04 Å². The lowest BCUT2D eigenvalue weighted by Gasteiger charge is -2.36. The maximum absolute atomic E-state index is 13.8. The summed E-state index contributed by atoms with van der Waals surface area (Å²) >= 11 is 7.86. The highest BCUT2D eigenvalue weighted by Gasteiger charge is 2.77. The molecule has 3 aliphatic rings. The van der Waals surface area contributed by atoms with Crippen molar-refractivity contribution in [2.75, 3.05) is 19.0 Å². The number of anilines is 1. The molecule has 3 aliphatic heterocycles. The standard InChI is InChI=1S/C22H28ClN3O4S/c1-4-12(11-27)26-17(19(29)25-14-8-6-5-7-13(14)23)22-10-9-21(2,31-22)15(18(28)24-3)16(22)20(26)30/h5-8,12,15-17,27H,4,9-11H2,1-3H3,(H,24,28)(H,25,29)/t12-,15+,16-,17?,21-,22?/m0/s1. The maximum Gasteiger partial charge on any atom is 0.248 e. The molecule has 7 nitrogen and oxygen atoms in total. The highest BCUT2D eigenvalue weighted by molar-refractivity contribution is 8.02. The number of nitrogens with one attached hydrogen (secondary N) is 2. The van der Waals surface area contributed by atoms with E-state index in [1.165, 1.54) is 0 Å². The van der Waals surface area contributed by atoms with E-state index in [1.54, 1.807) is 48.0 Å². The van der Waals surface area contributed by atoms with Gasteiger partial charge in [-0.3, -0.25) is 14.4 Å². The van der Waals surface area contributed by atoms with Crippen LogP contribution in [0, 0.1) is 11.8 Å². The molecule has 1 aromatic carbocycles. The Balaban J connectivity index is 1.79. The quantitative estimate of drug-likeness (QED) is 0.598. The molecule has 3 N–H and O–H groups in total. The molecule has 9 heteroatoms. The van der Waals surface area contributed by atoms with Gasteiger partial charge in [0.25, 0.3) is 0 Å². The predicted molar refractivity (Wildman–Crippen MR) is 121 cm³/mol. The van der Waals surface area contributed by atoms with Crippen LogP contribution in [0.4, 0.5) is 5.69 Å². The largest absolute Gasteiger partial charge is 0.394 e. The van der Waals surface area contributed by atoms with Crippen molar-refractivity contribution in [2.45, 2.75) is 54.7 Å². The van der Waals surface area contributed by atoms with Gasteiger partial charge in [-0.15, -0.1) is 11.8 Å². The summed E-state index contributed by atoms with van der Waals surface area (Å²) in [4.78, 5) is 41.8.